The highest BCUT2D eigenvalue weighted by molar-refractivity contribution is 5.94. The number of carbonyl (C=O) groups excluding carboxylic acids is 3. The van der Waals surface area contributed by atoms with E-state index in [1.165, 1.54) is 0 Å². The van der Waals surface area contributed by atoms with E-state index in [0.717, 1.165) is 5.56 Å². The van der Waals surface area contributed by atoms with Crippen LogP contribution in [0.15, 0.2) is 30.3 Å². The number of nitrogens with two attached hydrogens (primary N) is 2. The molecule has 11 heteroatoms. The molecule has 0 saturated heterocycles. The number of amides is 3. The number of hydrogen-bond acceptors (Lipinski definition) is 7. The van der Waals surface area contributed by atoms with Crippen molar-refractivity contribution in [2.45, 2.75) is 70.1 Å². The van der Waals surface area contributed by atoms with Crippen LogP contribution in [0, 0.1) is 5.92 Å². The van der Waals surface area contributed by atoms with Crippen molar-refractivity contribution in [2.75, 3.05) is 13.2 Å². The Morgan fingerprint density at radius 2 is 1.54 bits per heavy atom. The van der Waals surface area contributed by atoms with Crippen LogP contribution < -0.4 is 27.4 Å². The van der Waals surface area contributed by atoms with E-state index in [9.17, 15) is 29.4 Å². The Kier molecular flexibility index (Phi) is 13.5. The van der Waals surface area contributed by atoms with Crippen molar-refractivity contribution in [3.8, 4) is 0 Å². The Bertz CT molecular complexity index is 822. The molecule has 1 aromatic rings. The molecule has 5 unspecified atom stereocenters. The van der Waals surface area contributed by atoms with Crippen molar-refractivity contribution in [2.24, 2.45) is 17.4 Å². The minimum atomic E-state index is -1.33. The summed E-state index contributed by atoms with van der Waals surface area (Å²) >= 11 is 0. The maximum atomic E-state index is 12.9. The number of hydrogen-bond donors (Lipinski definition) is 7. The monoisotopic (exact) mass is 493 g/mol. The average Bonchev–Trinajstić information content (AvgIpc) is 2.84. The molecule has 0 heterocycles. The number of aliphatic carboxylic acids is 1. The normalized spacial score (nSPS) is 15.2. The third-order valence-electron chi connectivity index (χ3n) is 5.81. The van der Waals surface area contributed by atoms with Gasteiger partial charge in [0.25, 0.3) is 0 Å². The second-order valence-electron chi connectivity index (χ2n) is 8.60. The largest absolute Gasteiger partial charge is 0.480 e. The lowest BCUT2D eigenvalue weighted by atomic mass is 9.98. The quantitative estimate of drug-likeness (QED) is 0.146. The van der Waals surface area contributed by atoms with Gasteiger partial charge in [0.15, 0.2) is 0 Å². The van der Waals surface area contributed by atoms with Crippen molar-refractivity contribution in [1.29, 1.82) is 0 Å². The standard InChI is InChI=1S/C24H39N5O6/c1-3-15(2)20(24(34)35)29-22(32)18(11-7-8-12-25)27-23(33)19(14-30)28-21(31)17(26)13-16-9-5-4-6-10-16/h4-6,9-10,15,17-20,30H,3,7-8,11-14,25-26H2,1-2H3,(H,27,33)(H,28,31)(H,29,32)(H,34,35). The molecule has 0 spiro atoms. The Morgan fingerprint density at radius 3 is 2.09 bits per heavy atom. The maximum absolute atomic E-state index is 12.9. The third kappa shape index (κ3) is 10.4. The minimum absolute atomic E-state index is 0.210. The topological polar surface area (TPSA) is 197 Å². The number of carboxylic acid groups (broad SMARTS) is 1. The molecule has 1 rings (SSSR count). The molecule has 9 N–H and O–H groups in total. The zero-order valence-corrected chi connectivity index (χ0v) is 20.4. The fourth-order valence-electron chi connectivity index (χ4n) is 3.40. The van der Waals surface area contributed by atoms with Gasteiger partial charge < -0.3 is 37.6 Å². The van der Waals surface area contributed by atoms with Crippen LogP contribution in [0.2, 0.25) is 0 Å². The molecule has 196 valence electrons. The molecule has 35 heavy (non-hydrogen) atoms. The molecule has 5 atom stereocenters. The van der Waals surface area contributed by atoms with E-state index in [1.54, 1.807) is 6.92 Å². The number of aliphatic hydroxyl groups excluding tert-OH is 1. The minimum Gasteiger partial charge on any atom is -0.480 e. The summed E-state index contributed by atoms with van der Waals surface area (Å²) in [5.74, 6) is -3.57. The van der Waals surface area contributed by atoms with Gasteiger partial charge in [-0.1, -0.05) is 50.6 Å². The number of nitrogens with one attached hydrogen (secondary N) is 3. The first-order valence-corrected chi connectivity index (χ1v) is 11.9. The van der Waals surface area contributed by atoms with Gasteiger partial charge in [-0.2, -0.15) is 0 Å². The second-order valence-corrected chi connectivity index (χ2v) is 8.60. The first-order chi connectivity index (χ1) is 16.6. The zero-order chi connectivity index (χ0) is 26.4. The first-order valence-electron chi connectivity index (χ1n) is 11.9. The number of unbranched alkanes of at least 4 members (excludes halogenated alkanes) is 1. The SMILES string of the molecule is CCC(C)C(NC(=O)C(CCCCN)NC(=O)C(CO)NC(=O)C(N)Cc1ccccc1)C(=O)O. The highest BCUT2D eigenvalue weighted by Crippen LogP contribution is 2.10. The lowest BCUT2D eigenvalue weighted by Crippen LogP contribution is -2.58. The number of rotatable bonds is 16. The Labute approximate surface area is 206 Å². The van der Waals surface area contributed by atoms with E-state index >= 15 is 0 Å². The predicted molar refractivity (Wildman–Crippen MR) is 131 cm³/mol. The molecule has 0 saturated carbocycles. The van der Waals surface area contributed by atoms with Crippen molar-refractivity contribution < 1.29 is 29.4 Å². The third-order valence-corrected chi connectivity index (χ3v) is 5.81. The summed E-state index contributed by atoms with van der Waals surface area (Å²) in [4.78, 5) is 49.8. The number of aliphatic hydroxyl groups is 1. The lowest BCUT2D eigenvalue weighted by Gasteiger charge is -2.26. The van der Waals surface area contributed by atoms with Crippen LogP contribution >= 0.6 is 0 Å². The van der Waals surface area contributed by atoms with Crippen LogP contribution in [0.1, 0.15) is 45.1 Å². The highest BCUT2D eigenvalue weighted by atomic mass is 16.4. The smallest absolute Gasteiger partial charge is 0.326 e. The fourth-order valence-corrected chi connectivity index (χ4v) is 3.40. The van der Waals surface area contributed by atoms with Crippen molar-refractivity contribution in [3.63, 3.8) is 0 Å². The molecule has 0 aliphatic heterocycles. The van der Waals surface area contributed by atoms with E-state index < -0.39 is 54.5 Å². The molecule has 0 fully saturated rings. The van der Waals surface area contributed by atoms with Crippen molar-refractivity contribution in [3.05, 3.63) is 35.9 Å². The molecule has 3 amide bonds. The van der Waals surface area contributed by atoms with Gasteiger partial charge in [0.1, 0.15) is 18.1 Å². The van der Waals surface area contributed by atoms with Crippen LogP contribution in [-0.2, 0) is 25.6 Å². The van der Waals surface area contributed by atoms with Gasteiger partial charge in [0, 0.05) is 0 Å². The van der Waals surface area contributed by atoms with Crippen LogP contribution in [0.5, 0.6) is 0 Å². The molecule has 0 bridgehead atoms. The summed E-state index contributed by atoms with van der Waals surface area (Å²) in [6.45, 7) is 3.19. The summed E-state index contributed by atoms with van der Waals surface area (Å²) in [5.41, 5.74) is 12.3. The van der Waals surface area contributed by atoms with E-state index in [4.69, 9.17) is 11.5 Å². The van der Waals surface area contributed by atoms with Gasteiger partial charge in [-0.05, 0) is 43.7 Å². The fraction of sp³-hybridized carbons (Fsp3) is 0.583. The van der Waals surface area contributed by atoms with E-state index in [2.05, 4.69) is 16.0 Å². The summed E-state index contributed by atoms with van der Waals surface area (Å²) in [5, 5.41) is 26.6. The van der Waals surface area contributed by atoms with Gasteiger partial charge in [-0.15, -0.1) is 0 Å². The molecule has 0 radical (unpaired) electrons. The highest BCUT2D eigenvalue weighted by Gasteiger charge is 2.31. The molecule has 1 aromatic carbocycles. The molecule has 0 aromatic heterocycles. The van der Waals surface area contributed by atoms with Crippen LogP contribution in [0.25, 0.3) is 0 Å². The van der Waals surface area contributed by atoms with E-state index in [-0.39, 0.29) is 18.8 Å². The molecule has 11 nitrogen and oxygen atoms in total. The Morgan fingerprint density at radius 1 is 0.943 bits per heavy atom. The number of carbonyl (C=O) groups is 4. The van der Waals surface area contributed by atoms with Crippen LogP contribution in [-0.4, -0.2) is 71.2 Å². The molecular weight excluding hydrogens is 454 g/mol. The first kappa shape index (κ1) is 30.0. The van der Waals surface area contributed by atoms with Crippen molar-refractivity contribution in [1.82, 2.24) is 16.0 Å². The lowest BCUT2D eigenvalue weighted by molar-refractivity contribution is -0.144. The summed E-state index contributed by atoms with van der Waals surface area (Å²) in [7, 11) is 0. The van der Waals surface area contributed by atoms with Crippen LogP contribution in [0.3, 0.4) is 0 Å². The maximum Gasteiger partial charge on any atom is 0.326 e. The second kappa shape index (κ2) is 15.8. The number of carboxylic acids is 1. The molecule has 0 aliphatic rings. The van der Waals surface area contributed by atoms with Gasteiger partial charge in [-0.25, -0.2) is 4.79 Å². The average molecular weight is 494 g/mol. The summed E-state index contributed by atoms with van der Waals surface area (Å²) in [6.07, 6.45) is 2.09. The predicted octanol–water partition coefficient (Wildman–Crippen LogP) is -0.737. The Hall–Kier alpha value is -3.02. The summed E-state index contributed by atoms with van der Waals surface area (Å²) < 4.78 is 0. The van der Waals surface area contributed by atoms with Gasteiger partial charge in [0.05, 0.1) is 12.6 Å². The van der Waals surface area contributed by atoms with Crippen molar-refractivity contribution >= 4 is 23.7 Å². The molecule has 0 aliphatic carbocycles. The van der Waals surface area contributed by atoms with E-state index in [0.29, 0.717) is 25.8 Å². The molecular formula is C24H39N5O6. The van der Waals surface area contributed by atoms with Gasteiger partial charge in [0.2, 0.25) is 17.7 Å². The van der Waals surface area contributed by atoms with Gasteiger partial charge in [-0.3, -0.25) is 14.4 Å². The summed E-state index contributed by atoms with van der Waals surface area (Å²) in [6, 6.07) is 4.63. The van der Waals surface area contributed by atoms with Crippen LogP contribution in [0.4, 0.5) is 0 Å². The number of benzene rings is 1. The Balaban J connectivity index is 2.85. The zero-order valence-electron chi connectivity index (χ0n) is 20.4. The van der Waals surface area contributed by atoms with Gasteiger partial charge >= 0.3 is 5.97 Å². The van der Waals surface area contributed by atoms with E-state index in [1.807, 2.05) is 37.3 Å².